The van der Waals surface area contributed by atoms with Gasteiger partial charge in [0.05, 0.1) is 17.8 Å². The number of benzene rings is 1. The molecular weight excluding hydrogens is 346 g/mol. The van der Waals surface area contributed by atoms with Gasteiger partial charge in [0.1, 0.15) is 0 Å². The fourth-order valence-corrected chi connectivity index (χ4v) is 2.70. The van der Waals surface area contributed by atoms with Gasteiger partial charge in [0.15, 0.2) is 0 Å². The molecule has 1 N–H and O–H groups in total. The Labute approximate surface area is 136 Å². The van der Waals surface area contributed by atoms with E-state index in [0.29, 0.717) is 12.2 Å². The number of aromatic nitrogens is 1. The number of nitrogens with one attached hydrogen (secondary N) is 1. The van der Waals surface area contributed by atoms with Crippen LogP contribution in [0.5, 0.6) is 0 Å². The quantitative estimate of drug-likeness (QED) is 0.916. The van der Waals surface area contributed by atoms with Gasteiger partial charge in [-0.05, 0) is 36.4 Å². The van der Waals surface area contributed by atoms with Crippen LogP contribution in [0.15, 0.2) is 53.3 Å². The van der Waals surface area contributed by atoms with Crippen molar-refractivity contribution in [3.63, 3.8) is 0 Å². The van der Waals surface area contributed by atoms with Crippen molar-refractivity contribution in [2.45, 2.75) is 6.42 Å². The summed E-state index contributed by atoms with van der Waals surface area (Å²) in [6.07, 6.45) is 3.45. The standard InChI is InChI=1S/C16H14BrN3O2/c17-12-3-5-14(6-4-12)20-10-11(8-15(20)21)16(22)19-13-2-1-7-18-9-13/h1-7,9,11H,8,10H2,(H,19,22)/t11-/m0/s1. The first-order chi connectivity index (χ1) is 10.6. The topological polar surface area (TPSA) is 62.3 Å². The lowest BCUT2D eigenvalue weighted by Crippen LogP contribution is -2.28. The van der Waals surface area contributed by atoms with Crippen LogP contribution in [0.3, 0.4) is 0 Å². The first-order valence-electron chi connectivity index (χ1n) is 6.90. The van der Waals surface area contributed by atoms with Crippen LogP contribution in [0.4, 0.5) is 11.4 Å². The van der Waals surface area contributed by atoms with Gasteiger partial charge in [-0.2, -0.15) is 0 Å². The fraction of sp³-hybridized carbons (Fsp3) is 0.188. The molecule has 6 heteroatoms. The minimum absolute atomic E-state index is 0.0336. The molecule has 0 unspecified atom stereocenters. The minimum Gasteiger partial charge on any atom is -0.324 e. The molecule has 5 nitrogen and oxygen atoms in total. The van der Waals surface area contributed by atoms with Crippen molar-refractivity contribution in [2.24, 2.45) is 5.92 Å². The van der Waals surface area contributed by atoms with Gasteiger partial charge in [0, 0.05) is 29.3 Å². The lowest BCUT2D eigenvalue weighted by molar-refractivity contribution is -0.122. The summed E-state index contributed by atoms with van der Waals surface area (Å²) in [5, 5.41) is 2.80. The van der Waals surface area contributed by atoms with Gasteiger partial charge in [-0.1, -0.05) is 15.9 Å². The summed E-state index contributed by atoms with van der Waals surface area (Å²) in [6, 6.07) is 11.0. The molecule has 1 aromatic heterocycles. The number of carbonyl (C=O) groups excluding carboxylic acids is 2. The van der Waals surface area contributed by atoms with Crippen LogP contribution in [0, 0.1) is 5.92 Å². The molecule has 1 aliphatic heterocycles. The monoisotopic (exact) mass is 359 g/mol. The van der Waals surface area contributed by atoms with Gasteiger partial charge in [0.2, 0.25) is 11.8 Å². The van der Waals surface area contributed by atoms with Gasteiger partial charge < -0.3 is 10.2 Å². The number of amides is 2. The molecule has 2 amide bonds. The Balaban J connectivity index is 1.69. The van der Waals surface area contributed by atoms with Gasteiger partial charge in [-0.25, -0.2) is 0 Å². The summed E-state index contributed by atoms with van der Waals surface area (Å²) in [5.41, 5.74) is 1.45. The van der Waals surface area contributed by atoms with E-state index < -0.39 is 0 Å². The van der Waals surface area contributed by atoms with E-state index in [4.69, 9.17) is 0 Å². The van der Waals surface area contributed by atoms with Crippen molar-refractivity contribution in [2.75, 3.05) is 16.8 Å². The maximum absolute atomic E-state index is 12.3. The highest BCUT2D eigenvalue weighted by atomic mass is 79.9. The van der Waals surface area contributed by atoms with E-state index in [2.05, 4.69) is 26.2 Å². The number of carbonyl (C=O) groups is 2. The fourth-order valence-electron chi connectivity index (χ4n) is 2.43. The van der Waals surface area contributed by atoms with Gasteiger partial charge >= 0.3 is 0 Å². The number of pyridine rings is 1. The third-order valence-electron chi connectivity index (χ3n) is 3.56. The molecule has 0 spiro atoms. The van der Waals surface area contributed by atoms with Crippen molar-refractivity contribution in [1.29, 1.82) is 0 Å². The SMILES string of the molecule is O=C(Nc1cccnc1)[C@H]1CC(=O)N(c2ccc(Br)cc2)C1. The molecule has 112 valence electrons. The molecule has 1 saturated heterocycles. The normalized spacial score (nSPS) is 17.6. The molecule has 1 aliphatic rings. The second kappa shape index (κ2) is 6.27. The van der Waals surface area contributed by atoms with Crippen molar-refractivity contribution < 1.29 is 9.59 Å². The van der Waals surface area contributed by atoms with E-state index in [1.807, 2.05) is 24.3 Å². The van der Waals surface area contributed by atoms with Gasteiger partial charge in [-0.15, -0.1) is 0 Å². The molecular formula is C16H14BrN3O2. The Morgan fingerprint density at radius 3 is 2.73 bits per heavy atom. The smallest absolute Gasteiger partial charge is 0.229 e. The number of halogens is 1. The summed E-state index contributed by atoms with van der Waals surface area (Å²) >= 11 is 3.37. The maximum atomic E-state index is 12.3. The predicted octanol–water partition coefficient (Wildman–Crippen LogP) is 2.84. The number of nitrogens with zero attached hydrogens (tertiary/aromatic N) is 2. The van der Waals surface area contributed by atoms with E-state index in [1.54, 1.807) is 29.4 Å². The highest BCUT2D eigenvalue weighted by molar-refractivity contribution is 9.10. The minimum atomic E-state index is -0.351. The molecule has 1 aromatic carbocycles. The number of hydrogen-bond donors (Lipinski definition) is 1. The first kappa shape index (κ1) is 14.7. The van der Waals surface area contributed by atoms with Crippen molar-refractivity contribution in [1.82, 2.24) is 4.98 Å². The molecule has 3 rings (SSSR count). The van der Waals surface area contributed by atoms with E-state index in [9.17, 15) is 9.59 Å². The zero-order chi connectivity index (χ0) is 15.5. The molecule has 2 aromatic rings. The number of rotatable bonds is 3. The highest BCUT2D eigenvalue weighted by Crippen LogP contribution is 2.27. The lowest BCUT2D eigenvalue weighted by atomic mass is 10.1. The van der Waals surface area contributed by atoms with Gasteiger partial charge in [0.25, 0.3) is 0 Å². The Hall–Kier alpha value is -2.21. The van der Waals surface area contributed by atoms with Crippen LogP contribution in [0.2, 0.25) is 0 Å². The summed E-state index contributed by atoms with van der Waals surface area (Å²) in [5.74, 6) is -0.536. The summed E-state index contributed by atoms with van der Waals surface area (Å²) in [7, 11) is 0. The molecule has 0 saturated carbocycles. The molecule has 0 bridgehead atoms. The molecule has 1 fully saturated rings. The zero-order valence-corrected chi connectivity index (χ0v) is 13.3. The first-order valence-corrected chi connectivity index (χ1v) is 7.69. The predicted molar refractivity (Wildman–Crippen MR) is 87.5 cm³/mol. The zero-order valence-electron chi connectivity index (χ0n) is 11.7. The van der Waals surface area contributed by atoms with Crippen LogP contribution in [0.25, 0.3) is 0 Å². The van der Waals surface area contributed by atoms with Crippen molar-refractivity contribution >= 4 is 39.1 Å². The van der Waals surface area contributed by atoms with Crippen molar-refractivity contribution in [3.8, 4) is 0 Å². The Kier molecular flexibility index (Phi) is 4.20. The second-order valence-corrected chi connectivity index (χ2v) is 6.03. The van der Waals surface area contributed by atoms with Crippen LogP contribution in [0.1, 0.15) is 6.42 Å². The Bertz CT molecular complexity index is 688. The molecule has 0 aliphatic carbocycles. The second-order valence-electron chi connectivity index (χ2n) is 5.11. The van der Waals surface area contributed by atoms with Crippen molar-refractivity contribution in [3.05, 3.63) is 53.3 Å². The van der Waals surface area contributed by atoms with E-state index in [1.165, 1.54) is 0 Å². The van der Waals surface area contributed by atoms with E-state index in [-0.39, 0.29) is 24.2 Å². The van der Waals surface area contributed by atoms with Gasteiger partial charge in [-0.3, -0.25) is 14.6 Å². The maximum Gasteiger partial charge on any atom is 0.229 e. The van der Waals surface area contributed by atoms with Crippen LogP contribution in [-0.4, -0.2) is 23.3 Å². The third kappa shape index (κ3) is 3.17. The lowest BCUT2D eigenvalue weighted by Gasteiger charge is -2.16. The Morgan fingerprint density at radius 1 is 1.27 bits per heavy atom. The average molecular weight is 360 g/mol. The number of anilines is 2. The summed E-state index contributed by atoms with van der Waals surface area (Å²) < 4.78 is 0.953. The summed E-state index contributed by atoms with van der Waals surface area (Å²) in [6.45, 7) is 0.395. The van der Waals surface area contributed by atoms with Crippen LogP contribution in [-0.2, 0) is 9.59 Å². The largest absolute Gasteiger partial charge is 0.324 e. The molecule has 0 radical (unpaired) electrons. The van der Waals surface area contributed by atoms with Crippen LogP contribution >= 0.6 is 15.9 Å². The summed E-state index contributed by atoms with van der Waals surface area (Å²) in [4.78, 5) is 30.0. The third-order valence-corrected chi connectivity index (χ3v) is 4.09. The molecule has 1 atom stereocenters. The number of hydrogen-bond acceptors (Lipinski definition) is 3. The van der Waals surface area contributed by atoms with Crippen LogP contribution < -0.4 is 10.2 Å². The van der Waals surface area contributed by atoms with E-state index in [0.717, 1.165) is 10.2 Å². The Morgan fingerprint density at radius 2 is 2.05 bits per heavy atom. The van der Waals surface area contributed by atoms with E-state index >= 15 is 0 Å². The average Bonchev–Trinajstić information content (AvgIpc) is 2.91. The molecule has 2 heterocycles. The molecule has 22 heavy (non-hydrogen) atoms. The highest BCUT2D eigenvalue weighted by Gasteiger charge is 2.35.